The number of nitrogens with zero attached hydrogens (tertiary/aromatic N) is 2. The van der Waals surface area contributed by atoms with Gasteiger partial charge < -0.3 is 15.0 Å². The van der Waals surface area contributed by atoms with Gasteiger partial charge in [0.15, 0.2) is 0 Å². The molecule has 6 heteroatoms. The second-order valence-electron chi connectivity index (χ2n) is 6.38. The lowest BCUT2D eigenvalue weighted by molar-refractivity contribution is -0.157. The molecule has 2 atom stereocenters. The average Bonchev–Trinajstić information content (AvgIpc) is 2.44. The third kappa shape index (κ3) is 3.37. The molecule has 0 bridgehead atoms. The van der Waals surface area contributed by atoms with Crippen LogP contribution in [0.3, 0.4) is 0 Å². The number of likely N-dealkylation sites (N-methyl/N-ethyl adjacent to an activating group) is 1. The number of morpholine rings is 1. The van der Waals surface area contributed by atoms with Crippen LogP contribution in [-0.4, -0.2) is 72.1 Å². The van der Waals surface area contributed by atoms with E-state index in [2.05, 4.69) is 17.1 Å². The highest BCUT2D eigenvalue weighted by Crippen LogP contribution is 2.21. The van der Waals surface area contributed by atoms with Gasteiger partial charge in [-0.3, -0.25) is 14.5 Å². The van der Waals surface area contributed by atoms with E-state index in [4.69, 9.17) is 4.74 Å². The van der Waals surface area contributed by atoms with Gasteiger partial charge in [-0.05, 0) is 26.8 Å². The van der Waals surface area contributed by atoms with Gasteiger partial charge in [-0.1, -0.05) is 13.8 Å². The Labute approximate surface area is 126 Å². The van der Waals surface area contributed by atoms with Crippen LogP contribution in [0.2, 0.25) is 0 Å². The number of rotatable bonds is 4. The van der Waals surface area contributed by atoms with Gasteiger partial charge in [0.2, 0.25) is 11.8 Å². The Hall–Kier alpha value is -1.14. The van der Waals surface area contributed by atoms with E-state index >= 15 is 0 Å². The molecule has 1 N–H and O–H groups in total. The summed E-state index contributed by atoms with van der Waals surface area (Å²) in [6.07, 6.45) is 0.608. The van der Waals surface area contributed by atoms with Crippen molar-refractivity contribution in [3.63, 3.8) is 0 Å². The first-order chi connectivity index (χ1) is 9.89. The van der Waals surface area contributed by atoms with Crippen molar-refractivity contribution in [2.75, 3.05) is 32.8 Å². The number of hydrogen-bond acceptors (Lipinski definition) is 4. The lowest BCUT2D eigenvalue weighted by Gasteiger charge is -2.44. The van der Waals surface area contributed by atoms with E-state index in [1.165, 1.54) is 0 Å². The summed E-state index contributed by atoms with van der Waals surface area (Å²) in [6.45, 7) is 11.5. The molecule has 2 rings (SSSR count). The fourth-order valence-electron chi connectivity index (χ4n) is 3.10. The third-order valence-corrected chi connectivity index (χ3v) is 4.37. The minimum absolute atomic E-state index is 0.0154. The van der Waals surface area contributed by atoms with E-state index in [-0.39, 0.29) is 24.0 Å². The van der Waals surface area contributed by atoms with Crippen LogP contribution in [0.5, 0.6) is 0 Å². The first kappa shape index (κ1) is 16.2. The van der Waals surface area contributed by atoms with E-state index in [1.54, 1.807) is 18.7 Å². The van der Waals surface area contributed by atoms with Crippen molar-refractivity contribution in [2.45, 2.75) is 51.8 Å². The van der Waals surface area contributed by atoms with Crippen LogP contribution in [0.1, 0.15) is 34.1 Å². The first-order valence-electron chi connectivity index (χ1n) is 7.86. The minimum Gasteiger partial charge on any atom is -0.374 e. The zero-order chi connectivity index (χ0) is 15.6. The zero-order valence-electron chi connectivity index (χ0n) is 13.5. The topological polar surface area (TPSA) is 61.9 Å². The monoisotopic (exact) mass is 297 g/mol. The second kappa shape index (κ2) is 6.32. The van der Waals surface area contributed by atoms with Crippen LogP contribution in [0.25, 0.3) is 0 Å². The standard InChI is InChI=1S/C15H27N3O3/c1-5-12-13(19)16-15(3,4)14(20)18(12)10-11-9-17(6-2)7-8-21-11/h11-12H,5-10H2,1-4H3,(H,16,19). The summed E-state index contributed by atoms with van der Waals surface area (Å²) >= 11 is 0. The van der Waals surface area contributed by atoms with Gasteiger partial charge in [0, 0.05) is 19.6 Å². The molecule has 2 unspecified atom stereocenters. The molecule has 0 radical (unpaired) electrons. The van der Waals surface area contributed by atoms with Crippen molar-refractivity contribution in [3.8, 4) is 0 Å². The molecule has 0 saturated carbocycles. The maximum Gasteiger partial charge on any atom is 0.248 e. The van der Waals surface area contributed by atoms with Crippen molar-refractivity contribution < 1.29 is 14.3 Å². The fraction of sp³-hybridized carbons (Fsp3) is 0.867. The average molecular weight is 297 g/mol. The molecule has 2 aliphatic rings. The summed E-state index contributed by atoms with van der Waals surface area (Å²) in [6, 6.07) is -0.383. The smallest absolute Gasteiger partial charge is 0.248 e. The number of hydrogen-bond donors (Lipinski definition) is 1. The molecule has 2 saturated heterocycles. The molecule has 0 aromatic carbocycles. The molecule has 2 heterocycles. The molecule has 6 nitrogen and oxygen atoms in total. The SMILES string of the molecule is CCC1C(=O)NC(C)(C)C(=O)N1CC1CN(CC)CCO1. The molecule has 0 aromatic heterocycles. The Kier molecular flexibility index (Phi) is 4.88. The zero-order valence-corrected chi connectivity index (χ0v) is 13.5. The second-order valence-corrected chi connectivity index (χ2v) is 6.38. The summed E-state index contributed by atoms with van der Waals surface area (Å²) in [7, 11) is 0. The summed E-state index contributed by atoms with van der Waals surface area (Å²) < 4.78 is 5.79. The molecule has 0 aliphatic carbocycles. The van der Waals surface area contributed by atoms with E-state index in [0.29, 0.717) is 19.6 Å². The van der Waals surface area contributed by atoms with Gasteiger partial charge in [0.05, 0.1) is 12.7 Å². The lowest BCUT2D eigenvalue weighted by Crippen LogP contribution is -2.69. The predicted molar refractivity (Wildman–Crippen MR) is 79.9 cm³/mol. The first-order valence-corrected chi connectivity index (χ1v) is 7.86. The van der Waals surface area contributed by atoms with Crippen molar-refractivity contribution >= 4 is 11.8 Å². The number of carbonyl (C=O) groups excluding carboxylic acids is 2. The van der Waals surface area contributed by atoms with Crippen LogP contribution in [0.15, 0.2) is 0 Å². The number of ether oxygens (including phenoxy) is 1. The third-order valence-electron chi connectivity index (χ3n) is 4.37. The summed E-state index contributed by atoms with van der Waals surface area (Å²) in [5.41, 5.74) is -0.831. The summed E-state index contributed by atoms with van der Waals surface area (Å²) in [5.74, 6) is -0.0866. The molecule has 0 aromatic rings. The molecule has 120 valence electrons. The van der Waals surface area contributed by atoms with Crippen LogP contribution in [0.4, 0.5) is 0 Å². The fourth-order valence-corrected chi connectivity index (χ4v) is 3.10. The molecule has 2 amide bonds. The highest BCUT2D eigenvalue weighted by molar-refractivity contribution is 5.99. The highest BCUT2D eigenvalue weighted by atomic mass is 16.5. The number of carbonyl (C=O) groups is 2. The molecule has 21 heavy (non-hydrogen) atoms. The van der Waals surface area contributed by atoms with Gasteiger partial charge in [0.25, 0.3) is 0 Å². The Balaban J connectivity index is 2.10. The highest BCUT2D eigenvalue weighted by Gasteiger charge is 2.45. The largest absolute Gasteiger partial charge is 0.374 e. The molecular weight excluding hydrogens is 270 g/mol. The Morgan fingerprint density at radius 2 is 2.05 bits per heavy atom. The van der Waals surface area contributed by atoms with E-state index in [0.717, 1.165) is 19.6 Å². The van der Waals surface area contributed by atoms with Crippen LogP contribution < -0.4 is 5.32 Å². The summed E-state index contributed by atoms with van der Waals surface area (Å²) in [5, 5.41) is 2.81. The number of amides is 2. The van der Waals surface area contributed by atoms with Crippen molar-refractivity contribution in [2.24, 2.45) is 0 Å². The van der Waals surface area contributed by atoms with E-state index in [9.17, 15) is 9.59 Å². The molecule has 2 aliphatic heterocycles. The number of nitrogens with one attached hydrogen (secondary N) is 1. The van der Waals surface area contributed by atoms with Crippen LogP contribution in [0, 0.1) is 0 Å². The Bertz CT molecular complexity index is 411. The van der Waals surface area contributed by atoms with Crippen LogP contribution in [-0.2, 0) is 14.3 Å². The minimum atomic E-state index is -0.831. The Morgan fingerprint density at radius 1 is 1.33 bits per heavy atom. The Morgan fingerprint density at radius 3 is 2.67 bits per heavy atom. The summed E-state index contributed by atoms with van der Waals surface area (Å²) in [4.78, 5) is 28.9. The van der Waals surface area contributed by atoms with Gasteiger partial charge in [0.1, 0.15) is 11.6 Å². The maximum atomic E-state index is 12.6. The van der Waals surface area contributed by atoms with Crippen molar-refractivity contribution in [1.82, 2.24) is 15.1 Å². The van der Waals surface area contributed by atoms with E-state index in [1.807, 2.05) is 6.92 Å². The van der Waals surface area contributed by atoms with Gasteiger partial charge in [-0.25, -0.2) is 0 Å². The van der Waals surface area contributed by atoms with Crippen molar-refractivity contribution in [3.05, 3.63) is 0 Å². The predicted octanol–water partition coefficient (Wildman–Crippen LogP) is 0.223. The van der Waals surface area contributed by atoms with Crippen LogP contribution >= 0.6 is 0 Å². The van der Waals surface area contributed by atoms with Crippen molar-refractivity contribution in [1.29, 1.82) is 0 Å². The normalized spacial score (nSPS) is 30.4. The quantitative estimate of drug-likeness (QED) is 0.806. The maximum absolute atomic E-state index is 12.6. The van der Waals surface area contributed by atoms with Gasteiger partial charge in [-0.15, -0.1) is 0 Å². The number of piperazine rings is 1. The molecule has 0 spiro atoms. The van der Waals surface area contributed by atoms with E-state index < -0.39 is 5.54 Å². The molecular formula is C15H27N3O3. The lowest BCUT2D eigenvalue weighted by atomic mass is 9.95. The van der Waals surface area contributed by atoms with Gasteiger partial charge in [-0.2, -0.15) is 0 Å². The molecule has 2 fully saturated rings. The van der Waals surface area contributed by atoms with Gasteiger partial charge >= 0.3 is 0 Å².